The van der Waals surface area contributed by atoms with Gasteiger partial charge in [-0.3, -0.25) is 9.89 Å². The Labute approximate surface area is 189 Å². The Kier molecular flexibility index (Phi) is 12.8. The summed E-state index contributed by atoms with van der Waals surface area (Å²) in [6, 6.07) is 7.63. The summed E-state index contributed by atoms with van der Waals surface area (Å²) in [7, 11) is -1.63. The first-order valence-corrected chi connectivity index (χ1v) is 11.3. The Hall–Kier alpha value is -0.390. The summed E-state index contributed by atoms with van der Waals surface area (Å²) < 4.78 is 25.5. The van der Waals surface area contributed by atoms with Crippen molar-refractivity contribution in [3.63, 3.8) is 0 Å². The van der Waals surface area contributed by atoms with Gasteiger partial charge in [0.05, 0.1) is 10.6 Å². The third kappa shape index (κ3) is 9.58. The van der Waals surface area contributed by atoms with Gasteiger partial charge in [-0.25, -0.2) is 8.42 Å². The summed E-state index contributed by atoms with van der Waals surface area (Å²) in [4.78, 5) is 6.87. The van der Waals surface area contributed by atoms with E-state index in [1.54, 1.807) is 31.3 Å². The van der Waals surface area contributed by atoms with Gasteiger partial charge in [-0.15, -0.1) is 24.0 Å². The van der Waals surface area contributed by atoms with Gasteiger partial charge in [-0.05, 0) is 52.0 Å². The van der Waals surface area contributed by atoms with Gasteiger partial charge in [0.2, 0.25) is 0 Å². The molecule has 0 saturated heterocycles. The highest BCUT2D eigenvalue weighted by atomic mass is 127. The largest absolute Gasteiger partial charge is 0.355 e. The summed E-state index contributed by atoms with van der Waals surface area (Å²) >= 11 is 3.31. The fourth-order valence-electron chi connectivity index (χ4n) is 2.70. The molecule has 2 N–H and O–H groups in total. The average molecular weight is 575 g/mol. The number of sulfone groups is 1. The lowest BCUT2D eigenvalue weighted by molar-refractivity contribution is 0.178. The molecule has 0 spiro atoms. The molecule has 0 bridgehead atoms. The maximum absolute atomic E-state index is 12.3. The molecule has 0 atom stereocenters. The Morgan fingerprint density at radius 3 is 2.07 bits per heavy atom. The molecular weight excluding hydrogens is 543 g/mol. The first-order chi connectivity index (χ1) is 12.2. The van der Waals surface area contributed by atoms with Crippen molar-refractivity contribution in [1.29, 1.82) is 0 Å². The van der Waals surface area contributed by atoms with Crippen LogP contribution in [0.25, 0.3) is 0 Å². The number of nitrogens with one attached hydrogen (secondary N) is 2. The second-order valence-corrected chi connectivity index (χ2v) is 9.65. The third-order valence-electron chi connectivity index (χ3n) is 4.05. The third-order valence-corrected chi connectivity index (χ3v) is 6.31. The van der Waals surface area contributed by atoms with Gasteiger partial charge in [0.25, 0.3) is 0 Å². The molecule has 0 aromatic heterocycles. The number of aliphatic imine (C=N–C) groups is 1. The van der Waals surface area contributed by atoms with E-state index in [1.807, 2.05) is 0 Å². The molecule has 6 nitrogen and oxygen atoms in total. The summed E-state index contributed by atoms with van der Waals surface area (Å²) in [6.07, 6.45) is 0. The second-order valence-electron chi connectivity index (χ2n) is 6.62. The van der Waals surface area contributed by atoms with E-state index < -0.39 is 9.84 Å². The van der Waals surface area contributed by atoms with Gasteiger partial charge in [0.15, 0.2) is 15.8 Å². The normalized spacial score (nSPS) is 12.4. The predicted octanol–water partition coefficient (Wildman–Crippen LogP) is 3.12. The highest BCUT2D eigenvalue weighted by Crippen LogP contribution is 2.15. The van der Waals surface area contributed by atoms with Crippen LogP contribution in [0.3, 0.4) is 0 Å². The lowest BCUT2D eigenvalue weighted by Crippen LogP contribution is -2.46. The van der Waals surface area contributed by atoms with E-state index in [-0.39, 0.29) is 29.7 Å². The molecular formula is C18H32BrIN4O2S. The topological polar surface area (TPSA) is 73.8 Å². The fourth-order valence-corrected chi connectivity index (χ4v) is 4.12. The number of halogens is 2. The molecule has 0 saturated carbocycles. The Bertz CT molecular complexity index is 671. The lowest BCUT2D eigenvalue weighted by atomic mass is 10.2. The summed E-state index contributed by atoms with van der Waals surface area (Å²) in [5.74, 6) is 0.628. The van der Waals surface area contributed by atoms with E-state index in [2.05, 4.69) is 64.2 Å². The van der Waals surface area contributed by atoms with Gasteiger partial charge < -0.3 is 10.6 Å². The van der Waals surface area contributed by atoms with E-state index in [4.69, 9.17) is 0 Å². The maximum atomic E-state index is 12.3. The Balaban J connectivity index is 0.00000676. The van der Waals surface area contributed by atoms with Gasteiger partial charge >= 0.3 is 0 Å². The molecule has 1 aromatic carbocycles. The van der Waals surface area contributed by atoms with Gasteiger partial charge in [-0.2, -0.15) is 0 Å². The SMILES string of the molecule is CN=C(NCCN(C(C)C)C(C)C)NCCS(=O)(=O)c1ccc(Br)cc1.I. The van der Waals surface area contributed by atoms with Crippen LogP contribution in [0, 0.1) is 0 Å². The molecule has 0 aliphatic carbocycles. The van der Waals surface area contributed by atoms with Crippen molar-refractivity contribution in [3.8, 4) is 0 Å². The molecule has 27 heavy (non-hydrogen) atoms. The van der Waals surface area contributed by atoms with Crippen LogP contribution in [-0.2, 0) is 9.84 Å². The molecule has 0 aliphatic heterocycles. The molecule has 0 radical (unpaired) electrons. The van der Waals surface area contributed by atoms with Crippen molar-refractivity contribution in [2.45, 2.75) is 44.7 Å². The minimum absolute atomic E-state index is 0. The molecule has 0 aliphatic rings. The van der Waals surface area contributed by atoms with Crippen LogP contribution in [-0.4, -0.2) is 63.8 Å². The average Bonchev–Trinajstić information content (AvgIpc) is 2.56. The highest BCUT2D eigenvalue weighted by molar-refractivity contribution is 14.0. The minimum atomic E-state index is -3.31. The molecule has 0 fully saturated rings. The van der Waals surface area contributed by atoms with Crippen molar-refractivity contribution in [1.82, 2.24) is 15.5 Å². The fraction of sp³-hybridized carbons (Fsp3) is 0.611. The van der Waals surface area contributed by atoms with Crippen LogP contribution < -0.4 is 10.6 Å². The van der Waals surface area contributed by atoms with Crippen LogP contribution >= 0.6 is 39.9 Å². The summed E-state index contributed by atoms with van der Waals surface area (Å²) in [5.41, 5.74) is 0. The predicted molar refractivity (Wildman–Crippen MR) is 128 cm³/mol. The van der Waals surface area contributed by atoms with E-state index in [0.29, 0.717) is 29.5 Å². The van der Waals surface area contributed by atoms with Gasteiger partial charge in [0, 0.05) is 43.2 Å². The quantitative estimate of drug-likeness (QED) is 0.269. The van der Waals surface area contributed by atoms with Crippen molar-refractivity contribution in [2.24, 2.45) is 4.99 Å². The molecule has 156 valence electrons. The molecule has 9 heteroatoms. The first kappa shape index (κ1) is 26.6. The van der Waals surface area contributed by atoms with Crippen molar-refractivity contribution in [3.05, 3.63) is 28.7 Å². The van der Waals surface area contributed by atoms with E-state index in [9.17, 15) is 8.42 Å². The Morgan fingerprint density at radius 1 is 1.07 bits per heavy atom. The van der Waals surface area contributed by atoms with E-state index in [1.165, 1.54) is 0 Å². The Morgan fingerprint density at radius 2 is 1.59 bits per heavy atom. The molecule has 1 rings (SSSR count). The highest BCUT2D eigenvalue weighted by Gasteiger charge is 2.15. The van der Waals surface area contributed by atoms with Crippen LogP contribution in [0.4, 0.5) is 0 Å². The van der Waals surface area contributed by atoms with Crippen molar-refractivity contribution < 1.29 is 8.42 Å². The van der Waals surface area contributed by atoms with Gasteiger partial charge in [0.1, 0.15) is 0 Å². The van der Waals surface area contributed by atoms with Gasteiger partial charge in [-0.1, -0.05) is 15.9 Å². The number of benzene rings is 1. The van der Waals surface area contributed by atoms with Crippen LogP contribution in [0.2, 0.25) is 0 Å². The smallest absolute Gasteiger partial charge is 0.191 e. The minimum Gasteiger partial charge on any atom is -0.355 e. The number of nitrogens with zero attached hydrogens (tertiary/aromatic N) is 2. The monoisotopic (exact) mass is 574 g/mol. The summed E-state index contributed by atoms with van der Waals surface area (Å²) in [6.45, 7) is 10.7. The number of guanidine groups is 1. The summed E-state index contributed by atoms with van der Waals surface area (Å²) in [5, 5.41) is 6.31. The number of hydrogen-bond acceptors (Lipinski definition) is 4. The standard InChI is InChI=1S/C18H31BrN4O2S.HI/c1-14(2)23(15(3)4)12-10-21-18(20-5)22-11-13-26(24,25)17-8-6-16(19)7-9-17;/h6-9,14-15H,10-13H2,1-5H3,(H2,20,21,22);1H. The van der Waals surface area contributed by atoms with Crippen molar-refractivity contribution in [2.75, 3.05) is 32.4 Å². The maximum Gasteiger partial charge on any atom is 0.191 e. The zero-order chi connectivity index (χ0) is 19.7. The zero-order valence-corrected chi connectivity index (χ0v) is 21.4. The number of hydrogen-bond donors (Lipinski definition) is 2. The van der Waals surface area contributed by atoms with Crippen LogP contribution in [0.1, 0.15) is 27.7 Å². The van der Waals surface area contributed by atoms with E-state index in [0.717, 1.165) is 17.6 Å². The second kappa shape index (κ2) is 12.9. The van der Waals surface area contributed by atoms with E-state index >= 15 is 0 Å². The molecule has 0 heterocycles. The first-order valence-electron chi connectivity index (χ1n) is 8.86. The lowest BCUT2D eigenvalue weighted by Gasteiger charge is -2.30. The molecule has 1 aromatic rings. The zero-order valence-electron chi connectivity index (χ0n) is 16.7. The number of rotatable bonds is 9. The molecule has 0 amide bonds. The van der Waals surface area contributed by atoms with Crippen LogP contribution in [0.15, 0.2) is 38.6 Å². The van der Waals surface area contributed by atoms with Crippen LogP contribution in [0.5, 0.6) is 0 Å². The van der Waals surface area contributed by atoms with Crippen molar-refractivity contribution >= 4 is 55.7 Å². The molecule has 0 unspecified atom stereocenters.